The molecule has 2 aromatic carbocycles. The van der Waals surface area contributed by atoms with Crippen LogP contribution in [0.2, 0.25) is 0 Å². The van der Waals surface area contributed by atoms with Crippen molar-refractivity contribution < 1.29 is 23.1 Å². The lowest BCUT2D eigenvalue weighted by atomic mass is 10.1. The molecule has 1 fully saturated rings. The number of sulfonamides is 1. The number of rotatable bonds is 5. The first kappa shape index (κ1) is 19.8. The Morgan fingerprint density at radius 1 is 1.10 bits per heavy atom. The van der Waals surface area contributed by atoms with Gasteiger partial charge in [0.05, 0.1) is 25.3 Å². The number of thiophene rings is 1. The largest absolute Gasteiger partial charge is 0.507 e. The first-order chi connectivity index (χ1) is 13.9. The fourth-order valence-corrected chi connectivity index (χ4v) is 6.04. The maximum atomic E-state index is 12.7. The minimum absolute atomic E-state index is 0.0945. The third-order valence-corrected chi connectivity index (χ3v) is 8.18. The standard InChI is InChI=1S/C20H20N2O5S2/c23-18-12-15-4-2-1-3-14(15)11-17(18)20(24)21-13-16-5-6-19(28-16)29(25,26)22-7-9-27-10-8-22/h1-6,11-12,23H,7-10,13H2,(H,21,24). The molecule has 2 N–H and O–H groups in total. The summed E-state index contributed by atoms with van der Waals surface area (Å²) in [6, 6.07) is 13.9. The average Bonchev–Trinajstić information content (AvgIpc) is 3.22. The number of phenolic OH excluding ortho intramolecular Hbond substituents is 1. The number of nitrogens with zero attached hydrogens (tertiary/aromatic N) is 1. The summed E-state index contributed by atoms with van der Waals surface area (Å²) in [6.07, 6.45) is 0. The van der Waals surface area contributed by atoms with Gasteiger partial charge < -0.3 is 15.2 Å². The van der Waals surface area contributed by atoms with Gasteiger partial charge in [0.15, 0.2) is 0 Å². The van der Waals surface area contributed by atoms with Crippen molar-refractivity contribution in [3.05, 3.63) is 59.0 Å². The molecule has 7 nitrogen and oxygen atoms in total. The third kappa shape index (κ3) is 4.13. The topological polar surface area (TPSA) is 95.9 Å². The predicted octanol–water partition coefficient (Wildman–Crippen LogP) is 2.56. The Balaban J connectivity index is 1.46. The number of benzene rings is 2. The Labute approximate surface area is 172 Å². The number of phenols is 1. The van der Waals surface area contributed by atoms with Crippen molar-refractivity contribution in [2.24, 2.45) is 0 Å². The number of amides is 1. The number of fused-ring (bicyclic) bond motifs is 1. The first-order valence-electron chi connectivity index (χ1n) is 9.12. The van der Waals surface area contributed by atoms with Gasteiger partial charge in [0.1, 0.15) is 9.96 Å². The third-order valence-electron chi connectivity index (χ3n) is 4.73. The van der Waals surface area contributed by atoms with Gasteiger partial charge in [-0.2, -0.15) is 4.31 Å². The van der Waals surface area contributed by atoms with E-state index in [0.717, 1.165) is 22.1 Å². The van der Waals surface area contributed by atoms with Crippen molar-refractivity contribution >= 4 is 38.0 Å². The minimum Gasteiger partial charge on any atom is -0.507 e. The number of nitrogens with one attached hydrogen (secondary N) is 1. The minimum atomic E-state index is -3.54. The molecule has 1 amide bonds. The van der Waals surface area contributed by atoms with E-state index < -0.39 is 15.9 Å². The van der Waals surface area contributed by atoms with Crippen LogP contribution in [0.15, 0.2) is 52.7 Å². The number of morpholine rings is 1. The van der Waals surface area contributed by atoms with Crippen LogP contribution < -0.4 is 5.32 Å². The van der Waals surface area contributed by atoms with Crippen LogP contribution in [0.1, 0.15) is 15.2 Å². The Morgan fingerprint density at radius 3 is 2.52 bits per heavy atom. The van der Waals surface area contributed by atoms with Crippen LogP contribution in [0, 0.1) is 0 Å². The quantitative estimate of drug-likeness (QED) is 0.646. The summed E-state index contributed by atoms with van der Waals surface area (Å²) < 4.78 is 32.2. The van der Waals surface area contributed by atoms with Crippen LogP contribution in [-0.2, 0) is 21.3 Å². The van der Waals surface area contributed by atoms with Crippen LogP contribution in [0.4, 0.5) is 0 Å². The number of ether oxygens (including phenoxy) is 1. The monoisotopic (exact) mass is 432 g/mol. The van der Waals surface area contributed by atoms with E-state index in [-0.39, 0.29) is 22.1 Å². The number of hydrogen-bond donors (Lipinski definition) is 2. The second kappa shape index (κ2) is 8.11. The summed E-state index contributed by atoms with van der Waals surface area (Å²) in [5.74, 6) is -0.512. The average molecular weight is 433 g/mol. The van der Waals surface area contributed by atoms with Crippen LogP contribution in [0.5, 0.6) is 5.75 Å². The molecule has 9 heteroatoms. The lowest BCUT2D eigenvalue weighted by molar-refractivity contribution is 0.0731. The van der Waals surface area contributed by atoms with Crippen LogP contribution in [0.25, 0.3) is 10.8 Å². The van der Waals surface area contributed by atoms with Crippen molar-refractivity contribution in [1.29, 1.82) is 0 Å². The van der Waals surface area contributed by atoms with Gasteiger partial charge in [-0.3, -0.25) is 4.79 Å². The lowest BCUT2D eigenvalue weighted by Gasteiger charge is -2.25. The van der Waals surface area contributed by atoms with Gasteiger partial charge in [-0.1, -0.05) is 24.3 Å². The number of hydrogen-bond acceptors (Lipinski definition) is 6. The molecular formula is C20H20N2O5S2. The summed E-state index contributed by atoms with van der Waals surface area (Å²) >= 11 is 1.13. The summed E-state index contributed by atoms with van der Waals surface area (Å²) in [5, 5.41) is 14.6. The summed E-state index contributed by atoms with van der Waals surface area (Å²) in [4.78, 5) is 13.2. The van der Waals surface area contributed by atoms with Gasteiger partial charge in [0, 0.05) is 18.0 Å². The lowest BCUT2D eigenvalue weighted by Crippen LogP contribution is -2.40. The second-order valence-corrected chi connectivity index (χ2v) is 9.97. The van der Waals surface area contributed by atoms with Crippen LogP contribution in [0.3, 0.4) is 0 Å². The Bertz CT molecular complexity index is 1150. The van der Waals surface area contributed by atoms with E-state index in [2.05, 4.69) is 5.32 Å². The van der Waals surface area contributed by atoms with Crippen molar-refractivity contribution in [3.8, 4) is 5.75 Å². The van der Waals surface area contributed by atoms with Crippen molar-refractivity contribution in [3.63, 3.8) is 0 Å². The zero-order valence-electron chi connectivity index (χ0n) is 15.5. The summed E-state index contributed by atoms with van der Waals surface area (Å²) in [7, 11) is -3.54. The zero-order chi connectivity index (χ0) is 20.4. The normalized spacial score (nSPS) is 15.4. The van der Waals surface area contributed by atoms with E-state index in [1.165, 1.54) is 4.31 Å². The number of carbonyl (C=O) groups excluding carboxylic acids is 1. The first-order valence-corrected chi connectivity index (χ1v) is 11.4. The summed E-state index contributed by atoms with van der Waals surface area (Å²) in [6.45, 7) is 1.64. The van der Waals surface area contributed by atoms with Gasteiger partial charge in [-0.15, -0.1) is 11.3 Å². The molecule has 2 heterocycles. The maximum absolute atomic E-state index is 12.7. The van der Waals surface area contributed by atoms with E-state index >= 15 is 0 Å². The fourth-order valence-electron chi connectivity index (χ4n) is 3.18. The molecular weight excluding hydrogens is 412 g/mol. The highest BCUT2D eigenvalue weighted by Gasteiger charge is 2.27. The molecule has 0 radical (unpaired) electrons. The maximum Gasteiger partial charge on any atom is 0.255 e. The highest BCUT2D eigenvalue weighted by Crippen LogP contribution is 2.27. The Kier molecular flexibility index (Phi) is 5.55. The molecule has 1 aromatic heterocycles. The highest BCUT2D eigenvalue weighted by molar-refractivity contribution is 7.91. The molecule has 3 aromatic rings. The molecule has 0 saturated carbocycles. The zero-order valence-corrected chi connectivity index (χ0v) is 17.1. The van der Waals surface area contributed by atoms with Crippen molar-refractivity contribution in [2.45, 2.75) is 10.8 Å². The predicted molar refractivity (Wildman–Crippen MR) is 111 cm³/mol. The second-order valence-electron chi connectivity index (χ2n) is 6.64. The van der Waals surface area contributed by atoms with E-state index in [0.29, 0.717) is 31.2 Å². The molecule has 1 aliphatic rings. The molecule has 0 bridgehead atoms. The van der Waals surface area contributed by atoms with Gasteiger partial charge in [-0.25, -0.2) is 8.42 Å². The molecule has 29 heavy (non-hydrogen) atoms. The van der Waals surface area contributed by atoms with Gasteiger partial charge in [0.2, 0.25) is 0 Å². The molecule has 0 atom stereocenters. The fraction of sp³-hybridized carbons (Fsp3) is 0.250. The van der Waals surface area contributed by atoms with Crippen LogP contribution in [-0.4, -0.2) is 50.0 Å². The van der Waals surface area contributed by atoms with E-state index in [1.54, 1.807) is 24.3 Å². The Hall–Kier alpha value is -2.46. The van der Waals surface area contributed by atoms with Crippen molar-refractivity contribution in [1.82, 2.24) is 9.62 Å². The van der Waals surface area contributed by atoms with E-state index in [4.69, 9.17) is 4.74 Å². The van der Waals surface area contributed by atoms with E-state index in [1.807, 2.05) is 24.3 Å². The Morgan fingerprint density at radius 2 is 1.79 bits per heavy atom. The molecule has 1 aliphatic heterocycles. The molecule has 1 saturated heterocycles. The molecule has 152 valence electrons. The molecule has 0 aliphatic carbocycles. The summed E-state index contributed by atoms with van der Waals surface area (Å²) in [5.41, 5.74) is 0.182. The molecule has 0 spiro atoms. The SMILES string of the molecule is O=C(NCc1ccc(S(=O)(=O)N2CCOCC2)s1)c1cc2ccccc2cc1O. The van der Waals surface area contributed by atoms with Gasteiger partial charge in [-0.05, 0) is 35.0 Å². The van der Waals surface area contributed by atoms with Gasteiger partial charge >= 0.3 is 0 Å². The van der Waals surface area contributed by atoms with E-state index in [9.17, 15) is 18.3 Å². The number of carbonyl (C=O) groups is 1. The van der Waals surface area contributed by atoms with Crippen LogP contribution >= 0.6 is 11.3 Å². The smallest absolute Gasteiger partial charge is 0.255 e. The number of aromatic hydroxyl groups is 1. The molecule has 4 rings (SSSR count). The highest BCUT2D eigenvalue weighted by atomic mass is 32.2. The molecule has 0 unspecified atom stereocenters. The van der Waals surface area contributed by atoms with Gasteiger partial charge in [0.25, 0.3) is 15.9 Å². The van der Waals surface area contributed by atoms with Crippen molar-refractivity contribution in [2.75, 3.05) is 26.3 Å².